The Hall–Kier alpha value is -3.94. The molecule has 0 aromatic heterocycles. The smallest absolute Gasteiger partial charge is 0.338 e. The molecule has 0 bridgehead atoms. The molecule has 0 radical (unpaired) electrons. The summed E-state index contributed by atoms with van der Waals surface area (Å²) in [7, 11) is 0. The predicted octanol–water partition coefficient (Wildman–Crippen LogP) is 7.89. The number of benzene rings is 2. The minimum absolute atomic E-state index is 0.0293. The minimum Gasteiger partial charge on any atom is -0.478 e. The lowest BCUT2D eigenvalue weighted by Gasteiger charge is -2.21. The first-order chi connectivity index (χ1) is 20.9. The van der Waals surface area contributed by atoms with Crippen LogP contribution in [-0.2, 0) is 19.1 Å². The fourth-order valence-electron chi connectivity index (χ4n) is 3.81. The van der Waals surface area contributed by atoms with E-state index in [1.165, 1.54) is 11.1 Å². The third-order valence-electron chi connectivity index (χ3n) is 7.50. The molecule has 0 spiro atoms. The Morgan fingerprint density at radius 1 is 0.727 bits per heavy atom. The lowest BCUT2D eigenvalue weighted by Crippen LogP contribution is -2.34. The summed E-state index contributed by atoms with van der Waals surface area (Å²) in [5, 5.41) is 8.67. The normalized spacial score (nSPS) is 12.1. The lowest BCUT2D eigenvalue weighted by molar-refractivity contribution is -0.138. The van der Waals surface area contributed by atoms with Crippen LogP contribution < -0.4 is 0 Å². The van der Waals surface area contributed by atoms with Crippen LogP contribution in [0, 0.1) is 5.92 Å². The van der Waals surface area contributed by atoms with E-state index in [0.717, 1.165) is 38.4 Å². The van der Waals surface area contributed by atoms with Crippen LogP contribution in [0.4, 0.5) is 0 Å². The van der Waals surface area contributed by atoms with Gasteiger partial charge in [-0.1, -0.05) is 72.4 Å². The van der Waals surface area contributed by atoms with Gasteiger partial charge in [0.2, 0.25) is 5.91 Å². The molecule has 0 saturated carbocycles. The van der Waals surface area contributed by atoms with Crippen LogP contribution in [0.1, 0.15) is 118 Å². The van der Waals surface area contributed by atoms with Crippen molar-refractivity contribution in [1.82, 2.24) is 4.90 Å². The molecule has 8 nitrogen and oxygen atoms in total. The van der Waals surface area contributed by atoms with Crippen molar-refractivity contribution in [3.63, 3.8) is 0 Å². The molecule has 0 saturated heterocycles. The molecule has 2 aromatic carbocycles. The molecule has 0 aliphatic heterocycles. The number of carboxylic acid groups (broad SMARTS) is 1. The fourth-order valence-corrected chi connectivity index (χ4v) is 3.81. The maximum absolute atomic E-state index is 11.7. The molecule has 44 heavy (non-hydrogen) atoms. The van der Waals surface area contributed by atoms with Crippen molar-refractivity contribution < 1.29 is 33.8 Å². The Labute approximate surface area is 264 Å². The molecular formula is C36H53NO7. The highest BCUT2D eigenvalue weighted by Gasteiger charge is 2.15. The number of hydrogen-bond donors (Lipinski definition) is 1. The first-order valence-electron chi connectivity index (χ1n) is 15.6. The molecule has 2 aromatic rings. The summed E-state index contributed by atoms with van der Waals surface area (Å²) in [6, 6.07) is 14.5. The lowest BCUT2D eigenvalue weighted by atomic mass is 9.98. The summed E-state index contributed by atoms with van der Waals surface area (Å²) in [6.07, 6.45) is 4.13. The molecule has 2 rings (SSSR count). The molecular weight excluding hydrogens is 558 g/mol. The quantitative estimate of drug-likeness (QED) is 0.131. The van der Waals surface area contributed by atoms with Crippen LogP contribution in [0.3, 0.4) is 0 Å². The number of esters is 2. The summed E-state index contributed by atoms with van der Waals surface area (Å²) < 4.78 is 9.71. The Balaban J connectivity index is 0.000000669. The van der Waals surface area contributed by atoms with E-state index in [0.29, 0.717) is 23.0 Å². The first kappa shape index (κ1) is 40.1. The molecule has 0 fully saturated rings. The number of ether oxygens (including phenoxy) is 2. The number of aromatic carboxylic acids is 1. The maximum atomic E-state index is 11.7. The number of carboxylic acids is 1. The molecule has 0 heterocycles. The SMILES string of the molecule is C=CC(=O)OCCOC(=O)c1ccc(C(C)CC)cc1.CCC(C)C(=O)N(CC)CC.CCC(C)c1ccc(C(=O)O)cc1. The van der Waals surface area contributed by atoms with Crippen LogP contribution in [0.2, 0.25) is 0 Å². The van der Waals surface area contributed by atoms with E-state index in [1.807, 2.05) is 56.9 Å². The van der Waals surface area contributed by atoms with Crippen LogP contribution in [0.5, 0.6) is 0 Å². The van der Waals surface area contributed by atoms with Crippen molar-refractivity contribution in [3.05, 3.63) is 83.4 Å². The van der Waals surface area contributed by atoms with E-state index >= 15 is 0 Å². The Morgan fingerprint density at radius 2 is 1.16 bits per heavy atom. The van der Waals surface area contributed by atoms with Gasteiger partial charge in [-0.05, 0) is 80.3 Å². The summed E-state index contributed by atoms with van der Waals surface area (Å²) in [6.45, 7) is 21.6. The van der Waals surface area contributed by atoms with Crippen molar-refractivity contribution in [2.24, 2.45) is 5.92 Å². The van der Waals surface area contributed by atoms with Gasteiger partial charge in [0.15, 0.2) is 0 Å². The zero-order chi connectivity index (χ0) is 33.7. The van der Waals surface area contributed by atoms with Crippen LogP contribution in [0.25, 0.3) is 0 Å². The predicted molar refractivity (Wildman–Crippen MR) is 176 cm³/mol. The number of amides is 1. The highest BCUT2D eigenvalue weighted by molar-refractivity contribution is 5.89. The van der Waals surface area contributed by atoms with E-state index < -0.39 is 17.9 Å². The molecule has 0 aliphatic carbocycles. The van der Waals surface area contributed by atoms with Crippen molar-refractivity contribution in [2.75, 3.05) is 26.3 Å². The van der Waals surface area contributed by atoms with E-state index in [1.54, 1.807) is 24.3 Å². The monoisotopic (exact) mass is 611 g/mol. The highest BCUT2D eigenvalue weighted by atomic mass is 16.6. The van der Waals surface area contributed by atoms with E-state index in [-0.39, 0.29) is 25.0 Å². The first-order valence-corrected chi connectivity index (χ1v) is 15.6. The Bertz CT molecular complexity index is 1140. The highest BCUT2D eigenvalue weighted by Crippen LogP contribution is 2.19. The molecule has 0 aliphatic rings. The summed E-state index contributed by atoms with van der Waals surface area (Å²) in [4.78, 5) is 46.4. The summed E-state index contributed by atoms with van der Waals surface area (Å²) >= 11 is 0. The molecule has 244 valence electrons. The van der Waals surface area contributed by atoms with E-state index in [9.17, 15) is 19.2 Å². The van der Waals surface area contributed by atoms with Gasteiger partial charge in [0.1, 0.15) is 13.2 Å². The van der Waals surface area contributed by atoms with Gasteiger partial charge in [-0.15, -0.1) is 0 Å². The maximum Gasteiger partial charge on any atom is 0.338 e. The van der Waals surface area contributed by atoms with Gasteiger partial charge < -0.3 is 19.5 Å². The number of rotatable bonds is 14. The van der Waals surface area contributed by atoms with Crippen LogP contribution in [-0.4, -0.2) is 60.1 Å². The second kappa shape index (κ2) is 22.6. The van der Waals surface area contributed by atoms with Crippen LogP contribution >= 0.6 is 0 Å². The standard InChI is InChI=1S/C16H20O4.C11H14O2.C9H19NO/c1-4-12(3)13-6-8-14(9-7-13)16(18)20-11-10-19-15(17)5-2;1-3-8(2)9-4-6-10(7-5-9)11(12)13;1-5-8(4)9(11)10(6-2)7-3/h5-9,12H,2,4,10-11H2,1,3H3;4-8H,3H2,1-2H3,(H,12,13);8H,5-7H2,1-4H3. The third-order valence-corrected chi connectivity index (χ3v) is 7.50. The van der Waals surface area contributed by atoms with Gasteiger partial charge >= 0.3 is 17.9 Å². The molecule has 3 unspecified atom stereocenters. The van der Waals surface area contributed by atoms with Crippen molar-refractivity contribution in [3.8, 4) is 0 Å². The van der Waals surface area contributed by atoms with Crippen molar-refractivity contribution in [1.29, 1.82) is 0 Å². The van der Waals surface area contributed by atoms with Gasteiger partial charge in [0.25, 0.3) is 0 Å². The van der Waals surface area contributed by atoms with Gasteiger partial charge in [-0.25, -0.2) is 14.4 Å². The zero-order valence-electron chi connectivity index (χ0n) is 27.9. The molecule has 3 atom stereocenters. The summed E-state index contributed by atoms with van der Waals surface area (Å²) in [5.41, 5.74) is 3.25. The zero-order valence-corrected chi connectivity index (χ0v) is 27.9. The fraction of sp³-hybridized carbons (Fsp3) is 0.500. The average molecular weight is 612 g/mol. The minimum atomic E-state index is -0.865. The number of carbonyl (C=O) groups is 4. The summed E-state index contributed by atoms with van der Waals surface area (Å²) in [5.74, 6) is -0.362. The Kier molecular flexibility index (Phi) is 20.6. The molecule has 1 N–H and O–H groups in total. The van der Waals surface area contributed by atoms with E-state index in [2.05, 4.69) is 34.3 Å². The average Bonchev–Trinajstić information content (AvgIpc) is 3.06. The van der Waals surface area contributed by atoms with Gasteiger partial charge in [-0.2, -0.15) is 0 Å². The van der Waals surface area contributed by atoms with Gasteiger partial charge in [-0.3, -0.25) is 4.79 Å². The topological polar surface area (TPSA) is 110 Å². The van der Waals surface area contributed by atoms with Gasteiger partial charge in [0.05, 0.1) is 11.1 Å². The molecule has 8 heteroatoms. The van der Waals surface area contributed by atoms with Gasteiger partial charge in [0, 0.05) is 25.1 Å². The second-order valence-electron chi connectivity index (χ2n) is 10.5. The van der Waals surface area contributed by atoms with Crippen molar-refractivity contribution >= 4 is 23.8 Å². The second-order valence-corrected chi connectivity index (χ2v) is 10.5. The van der Waals surface area contributed by atoms with Crippen LogP contribution in [0.15, 0.2) is 61.2 Å². The largest absolute Gasteiger partial charge is 0.478 e. The third kappa shape index (κ3) is 15.0. The Morgan fingerprint density at radius 3 is 1.52 bits per heavy atom. The van der Waals surface area contributed by atoms with E-state index in [4.69, 9.17) is 14.6 Å². The number of carbonyl (C=O) groups excluding carboxylic acids is 3. The van der Waals surface area contributed by atoms with Crippen molar-refractivity contribution in [2.45, 2.75) is 86.5 Å². The number of nitrogens with zero attached hydrogens (tertiary/aromatic N) is 1. The number of hydrogen-bond acceptors (Lipinski definition) is 6. The molecule has 1 amide bonds.